The third kappa shape index (κ3) is 2.89. The highest BCUT2D eigenvalue weighted by Gasteiger charge is 2.15. The predicted molar refractivity (Wildman–Crippen MR) is 84.5 cm³/mol. The first-order valence-corrected chi connectivity index (χ1v) is 7.40. The third-order valence-electron chi connectivity index (χ3n) is 3.35. The van der Waals surface area contributed by atoms with Crippen molar-refractivity contribution in [1.29, 1.82) is 0 Å². The lowest BCUT2D eigenvalue weighted by molar-refractivity contribution is 0.629. The molecule has 3 aromatic rings. The van der Waals surface area contributed by atoms with Crippen molar-refractivity contribution in [2.75, 3.05) is 0 Å². The standard InChI is InChI=1S/C16H13Cl2FN2/c1-10(17)16-20-14-8-13(19)6-7-15(14)21(16)9-11-2-4-12(18)5-3-11/h2-8,10H,9H2,1H3. The Morgan fingerprint density at radius 3 is 2.57 bits per heavy atom. The Balaban J connectivity index is 2.10. The molecule has 0 bridgehead atoms. The normalized spacial score (nSPS) is 12.8. The van der Waals surface area contributed by atoms with Gasteiger partial charge in [-0.05, 0) is 36.8 Å². The second-order valence-electron chi connectivity index (χ2n) is 4.93. The van der Waals surface area contributed by atoms with E-state index in [0.29, 0.717) is 17.1 Å². The summed E-state index contributed by atoms with van der Waals surface area (Å²) in [4.78, 5) is 4.45. The monoisotopic (exact) mass is 322 g/mol. The molecule has 0 N–H and O–H groups in total. The lowest BCUT2D eigenvalue weighted by atomic mass is 10.2. The Bertz CT molecular complexity index is 779. The molecule has 0 aliphatic heterocycles. The van der Waals surface area contributed by atoms with Crippen molar-refractivity contribution in [3.05, 3.63) is 64.7 Å². The number of benzene rings is 2. The maximum Gasteiger partial charge on any atom is 0.128 e. The van der Waals surface area contributed by atoms with Gasteiger partial charge in [0, 0.05) is 17.6 Å². The van der Waals surface area contributed by atoms with Crippen LogP contribution in [-0.2, 0) is 6.54 Å². The second kappa shape index (κ2) is 5.66. The third-order valence-corrected chi connectivity index (χ3v) is 3.80. The molecule has 1 heterocycles. The number of hydrogen-bond acceptors (Lipinski definition) is 1. The van der Waals surface area contributed by atoms with Crippen LogP contribution >= 0.6 is 23.2 Å². The van der Waals surface area contributed by atoms with E-state index in [0.717, 1.165) is 16.9 Å². The van der Waals surface area contributed by atoms with Gasteiger partial charge in [-0.1, -0.05) is 23.7 Å². The Morgan fingerprint density at radius 1 is 1.19 bits per heavy atom. The maximum absolute atomic E-state index is 13.4. The van der Waals surface area contributed by atoms with Gasteiger partial charge < -0.3 is 4.57 Å². The fourth-order valence-electron chi connectivity index (χ4n) is 2.36. The fourth-order valence-corrected chi connectivity index (χ4v) is 2.66. The van der Waals surface area contributed by atoms with Crippen molar-refractivity contribution in [3.63, 3.8) is 0 Å². The highest BCUT2D eigenvalue weighted by atomic mass is 35.5. The Kier molecular flexibility index (Phi) is 3.87. The van der Waals surface area contributed by atoms with Gasteiger partial charge in [-0.25, -0.2) is 9.37 Å². The molecule has 0 aliphatic carbocycles. The first-order chi connectivity index (χ1) is 10.0. The molecule has 0 radical (unpaired) electrons. The zero-order valence-corrected chi connectivity index (χ0v) is 12.9. The highest BCUT2D eigenvalue weighted by molar-refractivity contribution is 6.30. The molecule has 0 amide bonds. The number of alkyl halides is 1. The Labute approximate surface area is 132 Å². The molecule has 108 valence electrons. The molecule has 2 nitrogen and oxygen atoms in total. The molecule has 2 aromatic carbocycles. The zero-order chi connectivity index (χ0) is 15.0. The predicted octanol–water partition coefficient (Wildman–Crippen LogP) is 5.18. The summed E-state index contributed by atoms with van der Waals surface area (Å²) in [5.74, 6) is 0.430. The topological polar surface area (TPSA) is 17.8 Å². The van der Waals surface area contributed by atoms with Crippen LogP contribution in [0.25, 0.3) is 11.0 Å². The van der Waals surface area contributed by atoms with Crippen molar-refractivity contribution in [2.45, 2.75) is 18.8 Å². The largest absolute Gasteiger partial charge is 0.322 e. The van der Waals surface area contributed by atoms with Gasteiger partial charge >= 0.3 is 0 Å². The van der Waals surface area contributed by atoms with Crippen LogP contribution in [0.2, 0.25) is 5.02 Å². The van der Waals surface area contributed by atoms with Gasteiger partial charge in [0.15, 0.2) is 0 Å². The summed E-state index contributed by atoms with van der Waals surface area (Å²) in [6.45, 7) is 2.48. The number of rotatable bonds is 3. The minimum atomic E-state index is -0.299. The fraction of sp³-hybridized carbons (Fsp3) is 0.188. The summed E-state index contributed by atoms with van der Waals surface area (Å²) in [7, 11) is 0. The molecule has 1 unspecified atom stereocenters. The lowest BCUT2D eigenvalue weighted by Crippen LogP contribution is -2.05. The van der Waals surface area contributed by atoms with E-state index >= 15 is 0 Å². The van der Waals surface area contributed by atoms with Crippen molar-refractivity contribution in [3.8, 4) is 0 Å². The summed E-state index contributed by atoms with van der Waals surface area (Å²) in [5, 5.41) is 0.440. The number of imidazole rings is 1. The number of halogens is 3. The van der Waals surface area contributed by atoms with E-state index in [9.17, 15) is 4.39 Å². The van der Waals surface area contributed by atoms with Gasteiger partial charge in [0.05, 0.1) is 16.4 Å². The molecule has 21 heavy (non-hydrogen) atoms. The Hall–Kier alpha value is -1.58. The first-order valence-electron chi connectivity index (χ1n) is 6.59. The minimum Gasteiger partial charge on any atom is -0.322 e. The quantitative estimate of drug-likeness (QED) is 0.608. The van der Waals surface area contributed by atoms with E-state index < -0.39 is 0 Å². The van der Waals surface area contributed by atoms with Crippen LogP contribution in [-0.4, -0.2) is 9.55 Å². The summed E-state index contributed by atoms with van der Waals surface area (Å²) in [6.07, 6.45) is 0. The summed E-state index contributed by atoms with van der Waals surface area (Å²) < 4.78 is 15.4. The van der Waals surface area contributed by atoms with E-state index in [1.165, 1.54) is 12.1 Å². The molecular weight excluding hydrogens is 310 g/mol. The molecule has 0 aliphatic rings. The van der Waals surface area contributed by atoms with Gasteiger partial charge in [0.25, 0.3) is 0 Å². The van der Waals surface area contributed by atoms with Crippen molar-refractivity contribution in [2.24, 2.45) is 0 Å². The van der Waals surface area contributed by atoms with Crippen molar-refractivity contribution >= 4 is 34.2 Å². The average molecular weight is 323 g/mol. The smallest absolute Gasteiger partial charge is 0.128 e. The van der Waals surface area contributed by atoms with Crippen molar-refractivity contribution in [1.82, 2.24) is 9.55 Å². The second-order valence-corrected chi connectivity index (χ2v) is 6.02. The molecule has 1 atom stereocenters. The Morgan fingerprint density at radius 2 is 1.90 bits per heavy atom. The summed E-state index contributed by atoms with van der Waals surface area (Å²) in [6, 6.07) is 12.2. The van der Waals surface area contributed by atoms with Gasteiger partial charge in [0.1, 0.15) is 11.6 Å². The SMILES string of the molecule is CC(Cl)c1nc2cc(F)ccc2n1Cc1ccc(Cl)cc1. The minimum absolute atomic E-state index is 0.257. The molecular formula is C16H13Cl2FN2. The summed E-state index contributed by atoms with van der Waals surface area (Å²) in [5.41, 5.74) is 2.57. The van der Waals surface area contributed by atoms with E-state index in [1.807, 2.05) is 35.8 Å². The van der Waals surface area contributed by atoms with Crippen LogP contribution < -0.4 is 0 Å². The van der Waals surface area contributed by atoms with Crippen LogP contribution in [0.4, 0.5) is 4.39 Å². The van der Waals surface area contributed by atoms with Gasteiger partial charge in [-0.3, -0.25) is 0 Å². The first kappa shape index (κ1) is 14.4. The van der Waals surface area contributed by atoms with E-state index in [2.05, 4.69) is 4.98 Å². The van der Waals surface area contributed by atoms with Gasteiger partial charge in [0.2, 0.25) is 0 Å². The zero-order valence-electron chi connectivity index (χ0n) is 11.4. The molecule has 3 rings (SSSR count). The molecule has 0 fully saturated rings. The van der Waals surface area contributed by atoms with E-state index in [4.69, 9.17) is 23.2 Å². The van der Waals surface area contributed by atoms with Crippen LogP contribution in [0.1, 0.15) is 23.7 Å². The molecule has 5 heteroatoms. The molecule has 0 saturated heterocycles. The van der Waals surface area contributed by atoms with Crippen molar-refractivity contribution < 1.29 is 4.39 Å². The molecule has 0 saturated carbocycles. The van der Waals surface area contributed by atoms with Crippen LogP contribution in [0, 0.1) is 5.82 Å². The number of aromatic nitrogens is 2. The van der Waals surface area contributed by atoms with Gasteiger partial charge in [-0.15, -0.1) is 11.6 Å². The summed E-state index contributed by atoms with van der Waals surface area (Å²) >= 11 is 12.1. The number of hydrogen-bond donors (Lipinski definition) is 0. The number of nitrogens with zero attached hydrogens (tertiary/aromatic N) is 2. The van der Waals surface area contributed by atoms with E-state index in [1.54, 1.807) is 6.07 Å². The van der Waals surface area contributed by atoms with Crippen LogP contribution in [0.5, 0.6) is 0 Å². The van der Waals surface area contributed by atoms with Gasteiger partial charge in [-0.2, -0.15) is 0 Å². The maximum atomic E-state index is 13.4. The number of fused-ring (bicyclic) bond motifs is 1. The average Bonchev–Trinajstić information content (AvgIpc) is 2.79. The molecule has 1 aromatic heterocycles. The van der Waals surface area contributed by atoms with Crippen LogP contribution in [0.15, 0.2) is 42.5 Å². The van der Waals surface area contributed by atoms with E-state index in [-0.39, 0.29) is 11.2 Å². The van der Waals surface area contributed by atoms with Crippen LogP contribution in [0.3, 0.4) is 0 Å². The highest BCUT2D eigenvalue weighted by Crippen LogP contribution is 2.26. The lowest BCUT2D eigenvalue weighted by Gasteiger charge is -2.10. The molecule has 0 spiro atoms.